The maximum atomic E-state index is 12.0. The van der Waals surface area contributed by atoms with Crippen LogP contribution in [0.1, 0.15) is 51.0 Å². The van der Waals surface area contributed by atoms with Crippen molar-refractivity contribution in [1.82, 2.24) is 16.0 Å². The van der Waals surface area contributed by atoms with Crippen molar-refractivity contribution < 1.29 is 4.79 Å². The van der Waals surface area contributed by atoms with E-state index < -0.39 is 0 Å². The molecule has 1 aliphatic rings. The van der Waals surface area contributed by atoms with Gasteiger partial charge in [-0.1, -0.05) is 49.1 Å². The van der Waals surface area contributed by atoms with Gasteiger partial charge in [0.2, 0.25) is 5.91 Å². The number of nitrogens with zero attached hydrogens (tertiary/aromatic N) is 1. The smallest absolute Gasteiger partial charge is 0.221 e. The average molecular weight is 493 g/mol. The highest BCUT2D eigenvalue weighted by molar-refractivity contribution is 14.0. The molecule has 1 amide bonds. The van der Waals surface area contributed by atoms with E-state index in [-0.39, 0.29) is 29.9 Å². The molecule has 5 nitrogen and oxygen atoms in total. The van der Waals surface area contributed by atoms with Crippen LogP contribution in [0.15, 0.2) is 29.3 Å². The summed E-state index contributed by atoms with van der Waals surface area (Å²) < 4.78 is 0. The van der Waals surface area contributed by atoms with Gasteiger partial charge in [0.15, 0.2) is 5.96 Å². The van der Waals surface area contributed by atoms with Crippen molar-refractivity contribution in [2.24, 2.45) is 4.99 Å². The zero-order valence-corrected chi connectivity index (χ0v) is 18.5. The van der Waals surface area contributed by atoms with E-state index in [1.54, 1.807) is 0 Å². The first kappa shape index (κ1) is 23.0. The molecule has 1 aromatic rings. The molecular weight excluding hydrogens is 463 g/mol. The van der Waals surface area contributed by atoms with Crippen LogP contribution in [0, 0.1) is 0 Å². The molecule has 0 aliphatic heterocycles. The van der Waals surface area contributed by atoms with E-state index in [9.17, 15) is 4.79 Å². The topological polar surface area (TPSA) is 65.5 Å². The van der Waals surface area contributed by atoms with E-state index in [1.165, 1.54) is 19.3 Å². The third-order valence-electron chi connectivity index (χ3n) is 4.32. The normalized spacial score (nSPS) is 15.1. The van der Waals surface area contributed by atoms with Crippen molar-refractivity contribution in [1.29, 1.82) is 0 Å². The predicted molar refractivity (Wildman–Crippen MR) is 119 cm³/mol. The highest BCUT2D eigenvalue weighted by Crippen LogP contribution is 2.17. The van der Waals surface area contributed by atoms with Gasteiger partial charge in [-0.15, -0.1) is 24.0 Å². The molecule has 0 saturated heterocycles. The van der Waals surface area contributed by atoms with Gasteiger partial charge in [-0.2, -0.15) is 0 Å². The first-order valence-electron chi connectivity index (χ1n) is 9.24. The molecule has 1 saturated carbocycles. The molecule has 0 spiro atoms. The quantitative estimate of drug-likeness (QED) is 0.308. The first-order chi connectivity index (χ1) is 12.2. The lowest BCUT2D eigenvalue weighted by atomic mass is 9.95. The van der Waals surface area contributed by atoms with Crippen LogP contribution in [0.2, 0.25) is 5.02 Å². The summed E-state index contributed by atoms with van der Waals surface area (Å²) in [4.78, 5) is 16.6. The number of guanidine groups is 1. The second kappa shape index (κ2) is 13.2. The average Bonchev–Trinajstić information content (AvgIpc) is 2.61. The van der Waals surface area contributed by atoms with E-state index in [4.69, 9.17) is 11.6 Å². The molecule has 0 unspecified atom stereocenters. The van der Waals surface area contributed by atoms with E-state index in [2.05, 4.69) is 20.9 Å². The Balaban J connectivity index is 0.00000338. The van der Waals surface area contributed by atoms with Gasteiger partial charge in [0.1, 0.15) is 0 Å². The number of rotatable bonds is 7. The summed E-state index contributed by atoms with van der Waals surface area (Å²) in [5.74, 6) is 0.814. The Morgan fingerprint density at radius 2 is 1.92 bits per heavy atom. The zero-order chi connectivity index (χ0) is 17.9. The number of amides is 1. The predicted octanol–water partition coefficient (Wildman–Crippen LogP) is 3.85. The summed E-state index contributed by atoms with van der Waals surface area (Å²) in [7, 11) is 0. The molecule has 0 aromatic heterocycles. The van der Waals surface area contributed by atoms with Crippen LogP contribution in [0.25, 0.3) is 0 Å². The first-order valence-corrected chi connectivity index (χ1v) is 9.61. The SMILES string of the molecule is CCNC(=NCc1ccccc1Cl)NCCC(=O)NC1CCCCC1.I. The van der Waals surface area contributed by atoms with Gasteiger partial charge in [0.25, 0.3) is 0 Å². The van der Waals surface area contributed by atoms with Crippen molar-refractivity contribution >= 4 is 47.4 Å². The maximum Gasteiger partial charge on any atom is 0.221 e. The molecule has 1 fully saturated rings. The van der Waals surface area contributed by atoms with Gasteiger partial charge in [0.05, 0.1) is 6.54 Å². The molecular formula is C19H30ClIN4O. The summed E-state index contributed by atoms with van der Waals surface area (Å²) in [5, 5.41) is 10.3. The van der Waals surface area contributed by atoms with Crippen molar-refractivity contribution in [2.75, 3.05) is 13.1 Å². The lowest BCUT2D eigenvalue weighted by Gasteiger charge is -2.22. The van der Waals surface area contributed by atoms with Crippen LogP contribution in [-0.4, -0.2) is 31.0 Å². The van der Waals surface area contributed by atoms with Crippen LogP contribution >= 0.6 is 35.6 Å². The van der Waals surface area contributed by atoms with Crippen molar-refractivity contribution in [3.63, 3.8) is 0 Å². The molecule has 1 aliphatic carbocycles. The Morgan fingerprint density at radius 3 is 2.62 bits per heavy atom. The Hall–Kier alpha value is -1.02. The molecule has 2 rings (SSSR count). The largest absolute Gasteiger partial charge is 0.357 e. The molecule has 3 N–H and O–H groups in total. The number of carbonyl (C=O) groups is 1. The fourth-order valence-electron chi connectivity index (χ4n) is 2.97. The van der Waals surface area contributed by atoms with Gasteiger partial charge in [-0.25, -0.2) is 4.99 Å². The molecule has 0 bridgehead atoms. The van der Waals surface area contributed by atoms with Crippen LogP contribution in [0.3, 0.4) is 0 Å². The number of benzene rings is 1. The van der Waals surface area contributed by atoms with Crippen LogP contribution in [-0.2, 0) is 11.3 Å². The summed E-state index contributed by atoms with van der Waals surface area (Å²) in [6, 6.07) is 8.05. The van der Waals surface area contributed by atoms with E-state index in [0.717, 1.165) is 24.9 Å². The van der Waals surface area contributed by atoms with E-state index in [1.807, 2.05) is 31.2 Å². The minimum Gasteiger partial charge on any atom is -0.357 e. The summed E-state index contributed by atoms with van der Waals surface area (Å²) in [6.07, 6.45) is 6.42. The monoisotopic (exact) mass is 492 g/mol. The highest BCUT2D eigenvalue weighted by atomic mass is 127. The van der Waals surface area contributed by atoms with E-state index >= 15 is 0 Å². The molecule has 26 heavy (non-hydrogen) atoms. The molecule has 0 radical (unpaired) electrons. The minimum atomic E-state index is 0. The lowest BCUT2D eigenvalue weighted by Crippen LogP contribution is -2.41. The number of aliphatic imine (C=N–C) groups is 1. The number of nitrogens with one attached hydrogen (secondary N) is 3. The summed E-state index contributed by atoms with van der Waals surface area (Å²) in [6.45, 7) is 3.85. The lowest BCUT2D eigenvalue weighted by molar-refractivity contribution is -0.121. The van der Waals surface area contributed by atoms with Gasteiger partial charge >= 0.3 is 0 Å². The number of hydrogen-bond donors (Lipinski definition) is 3. The van der Waals surface area contributed by atoms with Crippen LogP contribution in [0.5, 0.6) is 0 Å². The van der Waals surface area contributed by atoms with Crippen LogP contribution in [0.4, 0.5) is 0 Å². The standard InChI is InChI=1S/C19H29ClN4O.HI/c1-2-21-19(23-14-15-8-6-7-11-17(15)20)22-13-12-18(25)24-16-9-4-3-5-10-16;/h6-8,11,16H,2-5,9-10,12-14H2,1H3,(H,24,25)(H2,21,22,23);1H. The molecule has 7 heteroatoms. The maximum absolute atomic E-state index is 12.0. The van der Waals surface area contributed by atoms with Gasteiger partial charge in [0, 0.05) is 30.6 Å². The summed E-state index contributed by atoms with van der Waals surface area (Å²) >= 11 is 6.16. The van der Waals surface area contributed by atoms with E-state index in [0.29, 0.717) is 36.5 Å². The second-order valence-electron chi connectivity index (χ2n) is 6.37. The van der Waals surface area contributed by atoms with Crippen molar-refractivity contribution in [2.45, 2.75) is 58.0 Å². The number of carbonyl (C=O) groups excluding carboxylic acids is 1. The molecule has 1 aromatic carbocycles. The third-order valence-corrected chi connectivity index (χ3v) is 4.69. The van der Waals surface area contributed by atoms with Gasteiger partial charge in [-0.3, -0.25) is 4.79 Å². The summed E-state index contributed by atoms with van der Waals surface area (Å²) in [5.41, 5.74) is 0.983. The van der Waals surface area contributed by atoms with Crippen molar-refractivity contribution in [3.8, 4) is 0 Å². The van der Waals surface area contributed by atoms with Gasteiger partial charge in [-0.05, 0) is 31.4 Å². The fraction of sp³-hybridized carbons (Fsp3) is 0.579. The molecule has 0 atom stereocenters. The second-order valence-corrected chi connectivity index (χ2v) is 6.77. The Morgan fingerprint density at radius 1 is 1.19 bits per heavy atom. The third kappa shape index (κ3) is 8.58. The van der Waals surface area contributed by atoms with Gasteiger partial charge < -0.3 is 16.0 Å². The van der Waals surface area contributed by atoms with Crippen molar-refractivity contribution in [3.05, 3.63) is 34.9 Å². The van der Waals surface area contributed by atoms with Crippen LogP contribution < -0.4 is 16.0 Å². The number of halogens is 2. The molecule has 146 valence electrons. The Labute approximate surface area is 178 Å². The Bertz CT molecular complexity index is 576. The Kier molecular flexibility index (Phi) is 11.7. The zero-order valence-electron chi connectivity index (χ0n) is 15.4. The highest BCUT2D eigenvalue weighted by Gasteiger charge is 2.15. The number of hydrogen-bond acceptors (Lipinski definition) is 2. The fourth-order valence-corrected chi connectivity index (χ4v) is 3.17. The minimum absolute atomic E-state index is 0. The molecule has 0 heterocycles.